The van der Waals surface area contributed by atoms with Gasteiger partial charge >= 0.3 is 12.1 Å². The summed E-state index contributed by atoms with van der Waals surface area (Å²) >= 11 is 0. The number of amides is 1. The predicted octanol–water partition coefficient (Wildman–Crippen LogP) is -0.0729. The van der Waals surface area contributed by atoms with Crippen LogP contribution in [0.25, 0.3) is 0 Å². The number of aliphatic carboxylic acids is 1. The Hall–Kier alpha value is -1.42. The monoisotopic (exact) mass is 411 g/mol. The number of rotatable bonds is 10. The molecule has 3 aliphatic rings. The van der Waals surface area contributed by atoms with Gasteiger partial charge in [0.2, 0.25) is 0 Å². The number of carboxylic acids is 1. The van der Waals surface area contributed by atoms with Crippen molar-refractivity contribution in [2.75, 3.05) is 91.6 Å². The number of hydrogen-bond donors (Lipinski definition) is 1. The van der Waals surface area contributed by atoms with E-state index in [2.05, 4.69) is 26.5 Å². The third-order valence-electron chi connectivity index (χ3n) is 6.33. The summed E-state index contributed by atoms with van der Waals surface area (Å²) < 4.78 is 5.59. The van der Waals surface area contributed by atoms with Gasteiger partial charge in [-0.15, -0.1) is 0 Å². The fourth-order valence-electron chi connectivity index (χ4n) is 4.40. The van der Waals surface area contributed by atoms with E-state index in [1.165, 1.54) is 0 Å². The zero-order valence-corrected chi connectivity index (χ0v) is 17.8. The third-order valence-corrected chi connectivity index (χ3v) is 6.33. The van der Waals surface area contributed by atoms with Gasteiger partial charge in [0.05, 0.1) is 13.0 Å². The van der Waals surface area contributed by atoms with Gasteiger partial charge in [-0.05, 0) is 19.5 Å². The van der Waals surface area contributed by atoms with E-state index in [1.54, 1.807) is 0 Å². The molecule has 0 aromatic heterocycles. The number of hydrogen-bond acceptors (Lipinski definition) is 7. The maximum absolute atomic E-state index is 12.2. The maximum Gasteiger partial charge on any atom is 0.410 e. The highest BCUT2D eigenvalue weighted by atomic mass is 16.6. The third kappa shape index (κ3) is 7.09. The average Bonchev–Trinajstić information content (AvgIpc) is 3.07. The van der Waals surface area contributed by atoms with Gasteiger partial charge in [0.25, 0.3) is 0 Å². The summed E-state index contributed by atoms with van der Waals surface area (Å²) in [4.78, 5) is 34.2. The van der Waals surface area contributed by atoms with E-state index in [9.17, 15) is 9.59 Å². The molecule has 3 rings (SSSR count). The van der Waals surface area contributed by atoms with Crippen molar-refractivity contribution in [1.82, 2.24) is 24.5 Å². The second-order valence-corrected chi connectivity index (χ2v) is 8.37. The average molecular weight is 412 g/mol. The fourth-order valence-corrected chi connectivity index (χ4v) is 4.40. The Bertz CT molecular complexity index is 533. The first-order chi connectivity index (χ1) is 14.0. The second-order valence-electron chi connectivity index (χ2n) is 8.37. The van der Waals surface area contributed by atoms with Gasteiger partial charge in [-0.25, -0.2) is 4.79 Å². The molecular weight excluding hydrogens is 374 g/mol. The van der Waals surface area contributed by atoms with Crippen LogP contribution in [0.1, 0.15) is 19.8 Å². The molecule has 9 nitrogen and oxygen atoms in total. The molecule has 1 unspecified atom stereocenters. The topological polar surface area (TPSA) is 79.8 Å². The Morgan fingerprint density at radius 1 is 0.931 bits per heavy atom. The van der Waals surface area contributed by atoms with Crippen LogP contribution in [-0.4, -0.2) is 139 Å². The second kappa shape index (κ2) is 11.1. The van der Waals surface area contributed by atoms with Crippen LogP contribution < -0.4 is 0 Å². The number of nitrogens with zero attached hydrogens (tertiary/aromatic N) is 5. The highest BCUT2D eigenvalue weighted by molar-refractivity contribution is 5.69. The Balaban J connectivity index is 1.29. The van der Waals surface area contributed by atoms with Gasteiger partial charge in [0, 0.05) is 72.0 Å². The molecular formula is C20H37N5O4. The van der Waals surface area contributed by atoms with Crippen LogP contribution in [0, 0.1) is 0 Å². The Labute approximate surface area is 174 Å². The molecule has 3 aliphatic heterocycles. The van der Waals surface area contributed by atoms with Crippen molar-refractivity contribution in [1.29, 1.82) is 0 Å². The first-order valence-electron chi connectivity index (χ1n) is 11.1. The minimum Gasteiger partial charge on any atom is -0.481 e. The first-order valence-corrected chi connectivity index (χ1v) is 11.1. The lowest BCUT2D eigenvalue weighted by Crippen LogP contribution is -2.49. The van der Waals surface area contributed by atoms with Crippen LogP contribution >= 0.6 is 0 Å². The quantitative estimate of drug-likeness (QED) is 0.535. The van der Waals surface area contributed by atoms with Gasteiger partial charge in [0.1, 0.15) is 6.10 Å². The summed E-state index contributed by atoms with van der Waals surface area (Å²) in [6, 6.07) is 0. The lowest BCUT2D eigenvalue weighted by atomic mass is 10.2. The Kier molecular flexibility index (Phi) is 8.53. The van der Waals surface area contributed by atoms with Crippen LogP contribution in [0.2, 0.25) is 0 Å². The number of carbonyl (C=O) groups is 2. The molecule has 166 valence electrons. The highest BCUT2D eigenvalue weighted by Gasteiger charge is 2.32. The molecule has 1 N–H and O–H groups in total. The van der Waals surface area contributed by atoms with Crippen molar-refractivity contribution in [3.8, 4) is 0 Å². The van der Waals surface area contributed by atoms with Crippen LogP contribution in [-0.2, 0) is 9.53 Å². The molecule has 1 amide bonds. The smallest absolute Gasteiger partial charge is 0.410 e. The summed E-state index contributed by atoms with van der Waals surface area (Å²) in [6.07, 6.45) is 0.965. The van der Waals surface area contributed by atoms with Gasteiger partial charge in [-0.1, -0.05) is 6.92 Å². The molecule has 9 heteroatoms. The predicted molar refractivity (Wildman–Crippen MR) is 110 cm³/mol. The minimum absolute atomic E-state index is 0.0545. The molecule has 0 aromatic carbocycles. The van der Waals surface area contributed by atoms with Gasteiger partial charge < -0.3 is 29.4 Å². The van der Waals surface area contributed by atoms with E-state index < -0.39 is 5.97 Å². The summed E-state index contributed by atoms with van der Waals surface area (Å²) in [5.41, 5.74) is 0. The van der Waals surface area contributed by atoms with E-state index in [0.29, 0.717) is 13.1 Å². The van der Waals surface area contributed by atoms with Crippen molar-refractivity contribution in [2.24, 2.45) is 0 Å². The number of carbonyl (C=O) groups excluding carboxylic acids is 1. The molecule has 0 aliphatic carbocycles. The molecule has 0 saturated carbocycles. The van der Waals surface area contributed by atoms with Crippen molar-refractivity contribution < 1.29 is 19.4 Å². The summed E-state index contributed by atoms with van der Waals surface area (Å²) in [5.74, 6) is -0.742. The van der Waals surface area contributed by atoms with Crippen molar-refractivity contribution in [3.05, 3.63) is 0 Å². The Morgan fingerprint density at radius 2 is 1.52 bits per heavy atom. The fraction of sp³-hybridized carbons (Fsp3) is 0.900. The van der Waals surface area contributed by atoms with E-state index in [0.717, 1.165) is 85.0 Å². The van der Waals surface area contributed by atoms with Crippen molar-refractivity contribution in [3.63, 3.8) is 0 Å². The van der Waals surface area contributed by atoms with Gasteiger partial charge in [-0.2, -0.15) is 0 Å². The van der Waals surface area contributed by atoms with E-state index >= 15 is 0 Å². The van der Waals surface area contributed by atoms with Crippen LogP contribution in [0.5, 0.6) is 0 Å². The zero-order valence-electron chi connectivity index (χ0n) is 17.8. The molecule has 3 fully saturated rings. The molecule has 29 heavy (non-hydrogen) atoms. The van der Waals surface area contributed by atoms with E-state index in [1.807, 2.05) is 4.90 Å². The molecule has 1 atom stereocenters. The number of carboxylic acid groups (broad SMARTS) is 1. The number of cyclic esters (lactones) is 1. The standard InChI is InChI=1S/C20H37N5O4/c1-2-21-8-10-22(11-9-21)5-3-6-25-17-18(29-20(25)28)16-24-14-12-23(13-15-24)7-4-19(26)27/h18H,2-17H2,1H3,(H,26,27). The van der Waals surface area contributed by atoms with Gasteiger partial charge in [-0.3, -0.25) is 9.69 Å². The molecule has 0 radical (unpaired) electrons. The molecule has 3 saturated heterocycles. The first kappa shape index (κ1) is 22.3. The number of likely N-dealkylation sites (N-methyl/N-ethyl adjacent to an activating group) is 1. The van der Waals surface area contributed by atoms with E-state index in [4.69, 9.17) is 9.84 Å². The van der Waals surface area contributed by atoms with E-state index in [-0.39, 0.29) is 18.6 Å². The normalized spacial score (nSPS) is 25.5. The molecule has 3 heterocycles. The molecule has 0 aromatic rings. The maximum atomic E-state index is 12.2. The van der Waals surface area contributed by atoms with Crippen molar-refractivity contribution in [2.45, 2.75) is 25.9 Å². The number of ether oxygens (including phenoxy) is 1. The lowest BCUT2D eigenvalue weighted by Gasteiger charge is -2.35. The van der Waals surface area contributed by atoms with Crippen LogP contribution in [0.4, 0.5) is 4.79 Å². The summed E-state index contributed by atoms with van der Waals surface area (Å²) in [5, 5.41) is 8.80. The Morgan fingerprint density at radius 3 is 2.14 bits per heavy atom. The van der Waals surface area contributed by atoms with Crippen LogP contribution in [0.15, 0.2) is 0 Å². The highest BCUT2D eigenvalue weighted by Crippen LogP contribution is 2.15. The van der Waals surface area contributed by atoms with Gasteiger partial charge in [0.15, 0.2) is 0 Å². The largest absolute Gasteiger partial charge is 0.481 e. The van der Waals surface area contributed by atoms with Crippen LogP contribution in [0.3, 0.4) is 0 Å². The molecule has 0 spiro atoms. The summed E-state index contributed by atoms with van der Waals surface area (Å²) in [6.45, 7) is 15.3. The lowest BCUT2D eigenvalue weighted by molar-refractivity contribution is -0.137. The van der Waals surface area contributed by atoms with Crippen molar-refractivity contribution >= 4 is 12.1 Å². The summed E-state index contributed by atoms with van der Waals surface area (Å²) in [7, 11) is 0. The number of piperazine rings is 2. The zero-order chi connectivity index (χ0) is 20.6. The minimum atomic E-state index is -0.742. The SMILES string of the molecule is CCN1CCN(CCCN2CC(CN3CCN(CCC(=O)O)CC3)OC2=O)CC1. The molecule has 0 bridgehead atoms.